The molecule has 1 aromatic heterocycles. The lowest BCUT2D eigenvalue weighted by Crippen LogP contribution is -2.23. The van der Waals surface area contributed by atoms with Crippen molar-refractivity contribution in [3.05, 3.63) is 18.0 Å². The van der Waals surface area contributed by atoms with E-state index in [1.54, 1.807) is 6.20 Å². The Kier molecular flexibility index (Phi) is 3.48. The molecule has 13 heavy (non-hydrogen) atoms. The maximum absolute atomic E-state index is 6.14. The van der Waals surface area contributed by atoms with Crippen LogP contribution in [0.5, 0.6) is 0 Å². The lowest BCUT2D eigenvalue weighted by Gasteiger charge is -2.21. The first-order chi connectivity index (χ1) is 6.20. The van der Waals surface area contributed by atoms with Crippen molar-refractivity contribution in [2.24, 2.45) is 18.7 Å². The molecule has 1 unspecified atom stereocenters. The van der Waals surface area contributed by atoms with E-state index in [1.165, 1.54) is 0 Å². The summed E-state index contributed by atoms with van der Waals surface area (Å²) >= 11 is 0. The van der Waals surface area contributed by atoms with Gasteiger partial charge in [0.25, 0.3) is 0 Å². The standard InChI is InChI=1S/C10H19N3/c1-4-8(5-2)10(11)9-6-7-12-13(9)3/h6-8,10H,4-5,11H2,1-3H3. The van der Waals surface area contributed by atoms with Crippen LogP contribution in [0.2, 0.25) is 0 Å². The SMILES string of the molecule is CCC(CC)C(N)c1ccnn1C. The van der Waals surface area contributed by atoms with Crippen molar-refractivity contribution in [1.29, 1.82) is 0 Å². The van der Waals surface area contributed by atoms with Gasteiger partial charge in [-0.25, -0.2) is 0 Å². The van der Waals surface area contributed by atoms with E-state index in [0.29, 0.717) is 5.92 Å². The van der Waals surface area contributed by atoms with Crippen molar-refractivity contribution >= 4 is 0 Å². The normalized spacial score (nSPS) is 13.6. The highest BCUT2D eigenvalue weighted by atomic mass is 15.3. The van der Waals surface area contributed by atoms with E-state index in [1.807, 2.05) is 17.8 Å². The van der Waals surface area contributed by atoms with Gasteiger partial charge < -0.3 is 5.73 Å². The third-order valence-corrected chi connectivity index (χ3v) is 2.76. The Labute approximate surface area is 79.9 Å². The molecule has 1 rings (SSSR count). The van der Waals surface area contributed by atoms with E-state index in [9.17, 15) is 0 Å². The van der Waals surface area contributed by atoms with Crippen molar-refractivity contribution in [2.45, 2.75) is 32.7 Å². The fourth-order valence-corrected chi connectivity index (χ4v) is 1.75. The zero-order valence-corrected chi connectivity index (χ0v) is 8.70. The van der Waals surface area contributed by atoms with Gasteiger partial charge in [-0.15, -0.1) is 0 Å². The minimum Gasteiger partial charge on any atom is -0.322 e. The first-order valence-corrected chi connectivity index (χ1v) is 4.94. The number of hydrogen-bond acceptors (Lipinski definition) is 2. The molecule has 0 aliphatic rings. The Balaban J connectivity index is 2.77. The molecule has 3 heteroatoms. The molecule has 0 spiro atoms. The summed E-state index contributed by atoms with van der Waals surface area (Å²) in [7, 11) is 1.94. The number of aromatic nitrogens is 2. The van der Waals surface area contributed by atoms with Crippen LogP contribution in [0.25, 0.3) is 0 Å². The topological polar surface area (TPSA) is 43.8 Å². The van der Waals surface area contributed by atoms with Crippen LogP contribution >= 0.6 is 0 Å². The lowest BCUT2D eigenvalue weighted by atomic mass is 9.93. The van der Waals surface area contributed by atoms with Crippen molar-refractivity contribution in [1.82, 2.24) is 9.78 Å². The van der Waals surface area contributed by atoms with E-state index in [2.05, 4.69) is 18.9 Å². The number of nitrogens with zero attached hydrogens (tertiary/aromatic N) is 2. The quantitative estimate of drug-likeness (QED) is 0.770. The lowest BCUT2D eigenvalue weighted by molar-refractivity contribution is 0.388. The molecule has 1 aromatic rings. The van der Waals surface area contributed by atoms with Crippen LogP contribution < -0.4 is 5.73 Å². The predicted octanol–water partition coefficient (Wildman–Crippen LogP) is 1.86. The fraction of sp³-hybridized carbons (Fsp3) is 0.700. The van der Waals surface area contributed by atoms with Crippen molar-refractivity contribution in [2.75, 3.05) is 0 Å². The van der Waals surface area contributed by atoms with Crippen LogP contribution in [0, 0.1) is 5.92 Å². The van der Waals surface area contributed by atoms with Crippen molar-refractivity contribution in [3.63, 3.8) is 0 Å². The number of rotatable bonds is 4. The van der Waals surface area contributed by atoms with Crippen molar-refractivity contribution < 1.29 is 0 Å². The van der Waals surface area contributed by atoms with E-state index in [4.69, 9.17) is 5.73 Å². The monoisotopic (exact) mass is 181 g/mol. The average Bonchev–Trinajstić information content (AvgIpc) is 2.53. The summed E-state index contributed by atoms with van der Waals surface area (Å²) in [4.78, 5) is 0. The molecule has 74 valence electrons. The highest BCUT2D eigenvalue weighted by Gasteiger charge is 2.18. The molecule has 0 aliphatic heterocycles. The van der Waals surface area contributed by atoms with E-state index in [-0.39, 0.29) is 6.04 Å². The molecule has 1 atom stereocenters. The van der Waals surface area contributed by atoms with E-state index < -0.39 is 0 Å². The molecule has 0 saturated carbocycles. The van der Waals surface area contributed by atoms with Gasteiger partial charge in [0.15, 0.2) is 0 Å². The third kappa shape index (κ3) is 2.10. The minimum atomic E-state index is 0.127. The molecule has 0 saturated heterocycles. The highest BCUT2D eigenvalue weighted by Crippen LogP contribution is 2.23. The Morgan fingerprint density at radius 1 is 1.46 bits per heavy atom. The second-order valence-electron chi connectivity index (χ2n) is 3.48. The second-order valence-corrected chi connectivity index (χ2v) is 3.48. The van der Waals surface area contributed by atoms with Gasteiger partial charge in [-0.3, -0.25) is 4.68 Å². The second kappa shape index (κ2) is 4.42. The maximum atomic E-state index is 6.14. The van der Waals surface area contributed by atoms with Gasteiger partial charge in [0.05, 0.1) is 5.69 Å². The summed E-state index contributed by atoms with van der Waals surface area (Å²) < 4.78 is 1.86. The molecule has 3 nitrogen and oxygen atoms in total. The van der Waals surface area contributed by atoms with Gasteiger partial charge in [-0.05, 0) is 12.0 Å². The smallest absolute Gasteiger partial charge is 0.0550 e. The molecule has 0 amide bonds. The van der Waals surface area contributed by atoms with Gasteiger partial charge in [0, 0.05) is 19.3 Å². The van der Waals surface area contributed by atoms with Gasteiger partial charge in [-0.1, -0.05) is 26.7 Å². The van der Waals surface area contributed by atoms with Crippen LogP contribution in [0.3, 0.4) is 0 Å². The highest BCUT2D eigenvalue weighted by molar-refractivity contribution is 5.07. The summed E-state index contributed by atoms with van der Waals surface area (Å²) in [5.74, 6) is 0.565. The number of aryl methyl sites for hydroxylation is 1. The first-order valence-electron chi connectivity index (χ1n) is 4.94. The van der Waals surface area contributed by atoms with Gasteiger partial charge in [-0.2, -0.15) is 5.10 Å². The molecule has 1 heterocycles. The Morgan fingerprint density at radius 3 is 2.46 bits per heavy atom. The van der Waals surface area contributed by atoms with E-state index >= 15 is 0 Å². The Bertz CT molecular complexity index is 250. The van der Waals surface area contributed by atoms with Gasteiger partial charge in [0.2, 0.25) is 0 Å². The summed E-state index contributed by atoms with van der Waals surface area (Å²) in [6.45, 7) is 4.37. The summed E-state index contributed by atoms with van der Waals surface area (Å²) in [5, 5.41) is 4.13. The third-order valence-electron chi connectivity index (χ3n) is 2.76. The van der Waals surface area contributed by atoms with Crippen LogP contribution in [0.1, 0.15) is 38.4 Å². The van der Waals surface area contributed by atoms with Crippen LogP contribution in [0.15, 0.2) is 12.3 Å². The number of hydrogen-bond donors (Lipinski definition) is 1. The van der Waals surface area contributed by atoms with Crippen LogP contribution in [0.4, 0.5) is 0 Å². The Hall–Kier alpha value is -0.830. The maximum Gasteiger partial charge on any atom is 0.0550 e. The first kappa shape index (κ1) is 10.3. The molecule has 0 bridgehead atoms. The molecular weight excluding hydrogens is 162 g/mol. The molecule has 0 aliphatic carbocycles. The molecule has 0 radical (unpaired) electrons. The van der Waals surface area contributed by atoms with Crippen LogP contribution in [-0.4, -0.2) is 9.78 Å². The summed E-state index contributed by atoms with van der Waals surface area (Å²) in [5.41, 5.74) is 7.28. The summed E-state index contributed by atoms with van der Waals surface area (Å²) in [6, 6.07) is 2.13. The van der Waals surface area contributed by atoms with Crippen molar-refractivity contribution in [3.8, 4) is 0 Å². The summed E-state index contributed by atoms with van der Waals surface area (Å²) in [6.07, 6.45) is 4.06. The van der Waals surface area contributed by atoms with Gasteiger partial charge in [0.1, 0.15) is 0 Å². The van der Waals surface area contributed by atoms with Crippen LogP contribution in [-0.2, 0) is 7.05 Å². The molecule has 0 fully saturated rings. The van der Waals surface area contributed by atoms with E-state index in [0.717, 1.165) is 18.5 Å². The fourth-order valence-electron chi connectivity index (χ4n) is 1.75. The largest absolute Gasteiger partial charge is 0.322 e. The average molecular weight is 181 g/mol. The number of nitrogens with two attached hydrogens (primary N) is 1. The van der Waals surface area contributed by atoms with Gasteiger partial charge >= 0.3 is 0 Å². The zero-order valence-electron chi connectivity index (χ0n) is 8.70. The molecule has 0 aromatic carbocycles. The molecule has 2 N–H and O–H groups in total. The minimum absolute atomic E-state index is 0.127. The zero-order chi connectivity index (χ0) is 9.84. The molecular formula is C10H19N3. The Morgan fingerprint density at radius 2 is 2.08 bits per heavy atom. The predicted molar refractivity (Wildman–Crippen MR) is 54.2 cm³/mol.